The van der Waals surface area contributed by atoms with Gasteiger partial charge in [0.1, 0.15) is 11.4 Å². The van der Waals surface area contributed by atoms with Crippen molar-refractivity contribution in [2.75, 3.05) is 12.0 Å². The molecule has 0 aromatic heterocycles. The Balaban J connectivity index is 1.95. The summed E-state index contributed by atoms with van der Waals surface area (Å²) in [5.74, 6) is -0.460. The van der Waals surface area contributed by atoms with E-state index in [0.717, 1.165) is 6.07 Å². The van der Waals surface area contributed by atoms with E-state index >= 15 is 0 Å². The maximum absolute atomic E-state index is 12.7. The number of carbonyl (C=O) groups excluding carboxylic acids is 2. The minimum absolute atomic E-state index is 0.0448. The molecule has 0 aliphatic carbocycles. The number of anilines is 1. The number of nitrogens with zero attached hydrogens (tertiary/aromatic N) is 1. The molecule has 2 aromatic carbocycles. The Morgan fingerprint density at radius 3 is 2.34 bits per heavy atom. The Morgan fingerprint density at radius 2 is 1.79 bits per heavy atom. The summed E-state index contributed by atoms with van der Waals surface area (Å²) < 4.78 is 43.3. The third kappa shape index (κ3) is 5.92. The van der Waals surface area contributed by atoms with E-state index in [1.165, 1.54) is 12.1 Å². The van der Waals surface area contributed by atoms with Crippen LogP contribution < -0.4 is 15.6 Å². The van der Waals surface area contributed by atoms with Crippen LogP contribution in [0.1, 0.15) is 29.3 Å². The van der Waals surface area contributed by atoms with E-state index in [1.807, 2.05) is 0 Å². The monoisotopic (exact) mass is 411 g/mol. The zero-order valence-electron chi connectivity index (χ0n) is 15.1. The lowest BCUT2D eigenvalue weighted by Gasteiger charge is -2.12. The first-order valence-corrected chi connectivity index (χ1v) is 8.28. The van der Waals surface area contributed by atoms with Crippen LogP contribution in [0.2, 0.25) is 0 Å². The minimum Gasteiger partial charge on any atom is -0.484 e. The molecule has 2 rings (SSSR count). The predicted octanol–water partition coefficient (Wildman–Crippen LogP) is 3.73. The van der Waals surface area contributed by atoms with Crippen molar-refractivity contribution in [3.05, 3.63) is 63.7 Å². The fourth-order valence-electron chi connectivity index (χ4n) is 2.23. The summed E-state index contributed by atoms with van der Waals surface area (Å²) >= 11 is 0. The van der Waals surface area contributed by atoms with Crippen molar-refractivity contribution in [2.45, 2.75) is 19.5 Å². The number of ether oxygens (including phenoxy) is 1. The van der Waals surface area contributed by atoms with E-state index in [1.54, 1.807) is 19.1 Å². The van der Waals surface area contributed by atoms with Crippen LogP contribution in [-0.2, 0) is 11.0 Å². The van der Waals surface area contributed by atoms with Gasteiger partial charge in [-0.25, -0.2) is 0 Å². The third-order valence-corrected chi connectivity index (χ3v) is 3.73. The predicted molar refractivity (Wildman–Crippen MR) is 96.4 cm³/mol. The zero-order chi connectivity index (χ0) is 21.6. The van der Waals surface area contributed by atoms with Crippen LogP contribution in [0.3, 0.4) is 0 Å². The maximum atomic E-state index is 12.7. The number of Topliss-reactive ketones (excluding diaryl/α,β-unsaturated/α-hetero) is 1. The Hall–Kier alpha value is -3.63. The highest BCUT2D eigenvalue weighted by Gasteiger charge is 2.33. The number of rotatable bonds is 8. The molecule has 0 atom stereocenters. The van der Waals surface area contributed by atoms with Crippen LogP contribution in [0.4, 0.5) is 24.5 Å². The molecule has 29 heavy (non-hydrogen) atoms. The summed E-state index contributed by atoms with van der Waals surface area (Å²) in [5, 5.41) is 11.0. The molecule has 0 aliphatic heterocycles. The van der Waals surface area contributed by atoms with Gasteiger partial charge >= 0.3 is 6.18 Å². The molecule has 0 radical (unpaired) electrons. The minimum atomic E-state index is -4.74. The fraction of sp³-hybridized carbons (Fsp3) is 0.222. The average Bonchev–Trinajstić information content (AvgIpc) is 2.69. The van der Waals surface area contributed by atoms with Gasteiger partial charge in [-0.1, -0.05) is 6.92 Å². The summed E-state index contributed by atoms with van der Waals surface area (Å²) in [6, 6.07) is 7.95. The first-order chi connectivity index (χ1) is 13.6. The summed E-state index contributed by atoms with van der Waals surface area (Å²) in [6.45, 7) is 1.26. The number of nitro groups is 1. The standard InChI is InChI=1S/C18H16F3N3O5/c1-2-16(25)11-3-6-13(7-4-11)29-10-17(26)23-22-14-8-5-12(18(19,20)21)9-15(14)24(27)28/h3-9,22H,2,10H2,1H3,(H,23,26). The molecule has 154 valence electrons. The highest BCUT2D eigenvalue weighted by Crippen LogP contribution is 2.34. The number of amides is 1. The van der Waals surface area contributed by atoms with E-state index in [4.69, 9.17) is 4.74 Å². The lowest BCUT2D eigenvalue weighted by molar-refractivity contribution is -0.384. The number of hydrazine groups is 1. The van der Waals surface area contributed by atoms with Gasteiger partial charge in [-0.05, 0) is 36.4 Å². The van der Waals surface area contributed by atoms with Gasteiger partial charge in [0.25, 0.3) is 11.6 Å². The molecular weight excluding hydrogens is 395 g/mol. The van der Waals surface area contributed by atoms with Crippen molar-refractivity contribution in [1.29, 1.82) is 0 Å². The molecular formula is C18H16F3N3O5. The van der Waals surface area contributed by atoms with Crippen LogP contribution >= 0.6 is 0 Å². The fourth-order valence-corrected chi connectivity index (χ4v) is 2.23. The van der Waals surface area contributed by atoms with Crippen molar-refractivity contribution in [1.82, 2.24) is 5.43 Å². The van der Waals surface area contributed by atoms with Gasteiger partial charge in [0, 0.05) is 18.1 Å². The largest absolute Gasteiger partial charge is 0.484 e. The number of ketones is 1. The molecule has 0 aliphatic rings. The molecule has 0 saturated heterocycles. The van der Waals surface area contributed by atoms with Crippen LogP contribution in [0.15, 0.2) is 42.5 Å². The number of nitro benzene ring substituents is 1. The second-order valence-corrected chi connectivity index (χ2v) is 5.75. The number of hydrogen-bond donors (Lipinski definition) is 2. The Kier molecular flexibility index (Phi) is 6.75. The van der Waals surface area contributed by atoms with E-state index in [9.17, 15) is 32.9 Å². The highest BCUT2D eigenvalue weighted by molar-refractivity contribution is 5.95. The number of alkyl halides is 3. The molecule has 1 amide bonds. The number of halogens is 3. The van der Waals surface area contributed by atoms with Crippen molar-refractivity contribution in [2.24, 2.45) is 0 Å². The van der Waals surface area contributed by atoms with Crippen LogP contribution in [0.5, 0.6) is 5.75 Å². The first kappa shape index (κ1) is 21.7. The van der Waals surface area contributed by atoms with Crippen molar-refractivity contribution < 1.29 is 32.4 Å². The smallest absolute Gasteiger partial charge is 0.416 e. The average molecular weight is 411 g/mol. The Bertz CT molecular complexity index is 914. The number of hydrogen-bond acceptors (Lipinski definition) is 6. The van der Waals surface area contributed by atoms with Crippen LogP contribution in [-0.4, -0.2) is 23.2 Å². The van der Waals surface area contributed by atoms with Gasteiger partial charge in [0.2, 0.25) is 0 Å². The number of carbonyl (C=O) groups is 2. The van der Waals surface area contributed by atoms with E-state index < -0.39 is 34.9 Å². The summed E-state index contributed by atoms with van der Waals surface area (Å²) in [7, 11) is 0. The molecule has 0 bridgehead atoms. The quantitative estimate of drug-likeness (QED) is 0.389. The molecule has 11 heteroatoms. The second-order valence-electron chi connectivity index (χ2n) is 5.75. The molecule has 2 aromatic rings. The van der Waals surface area contributed by atoms with Gasteiger partial charge in [0.05, 0.1) is 10.5 Å². The summed E-state index contributed by atoms with van der Waals surface area (Å²) in [4.78, 5) is 33.3. The first-order valence-electron chi connectivity index (χ1n) is 8.28. The lowest BCUT2D eigenvalue weighted by atomic mass is 10.1. The van der Waals surface area contributed by atoms with Gasteiger partial charge in [-0.3, -0.25) is 30.6 Å². The Morgan fingerprint density at radius 1 is 1.14 bits per heavy atom. The second kappa shape index (κ2) is 9.04. The zero-order valence-corrected chi connectivity index (χ0v) is 15.1. The van der Waals surface area contributed by atoms with Gasteiger partial charge in [-0.15, -0.1) is 0 Å². The lowest BCUT2D eigenvalue weighted by Crippen LogP contribution is -2.33. The van der Waals surface area contributed by atoms with E-state index in [-0.39, 0.29) is 11.5 Å². The van der Waals surface area contributed by atoms with Crippen LogP contribution in [0.25, 0.3) is 0 Å². The van der Waals surface area contributed by atoms with Gasteiger partial charge in [0.15, 0.2) is 12.4 Å². The summed E-state index contributed by atoms with van der Waals surface area (Å²) in [5.41, 5.74) is 2.46. The Labute approximate surface area is 162 Å². The normalized spacial score (nSPS) is 10.9. The third-order valence-electron chi connectivity index (χ3n) is 3.73. The molecule has 8 nitrogen and oxygen atoms in total. The summed E-state index contributed by atoms with van der Waals surface area (Å²) in [6.07, 6.45) is -4.39. The molecule has 0 heterocycles. The topological polar surface area (TPSA) is 111 Å². The highest BCUT2D eigenvalue weighted by atomic mass is 19.4. The molecule has 2 N–H and O–H groups in total. The molecule has 0 spiro atoms. The maximum Gasteiger partial charge on any atom is 0.416 e. The number of nitrogens with one attached hydrogen (secondary N) is 2. The van der Waals surface area contributed by atoms with Gasteiger partial charge < -0.3 is 4.74 Å². The molecule has 0 unspecified atom stereocenters. The SMILES string of the molecule is CCC(=O)c1ccc(OCC(=O)NNc2ccc(C(F)(F)F)cc2[N+](=O)[O-])cc1. The van der Waals surface area contributed by atoms with Crippen molar-refractivity contribution in [3.8, 4) is 5.75 Å². The number of benzene rings is 2. The van der Waals surface area contributed by atoms with E-state index in [0.29, 0.717) is 29.9 Å². The molecule has 0 saturated carbocycles. The van der Waals surface area contributed by atoms with Crippen molar-refractivity contribution in [3.63, 3.8) is 0 Å². The van der Waals surface area contributed by atoms with Gasteiger partial charge in [-0.2, -0.15) is 13.2 Å². The van der Waals surface area contributed by atoms with E-state index in [2.05, 4.69) is 10.9 Å². The molecule has 0 fully saturated rings. The van der Waals surface area contributed by atoms with Crippen molar-refractivity contribution >= 4 is 23.1 Å². The van der Waals surface area contributed by atoms with Crippen LogP contribution in [0, 0.1) is 10.1 Å².